The van der Waals surface area contributed by atoms with Gasteiger partial charge in [-0.15, -0.1) is 0 Å². The summed E-state index contributed by atoms with van der Waals surface area (Å²) in [4.78, 5) is 21.3. The molecule has 90 valence electrons. The lowest BCUT2D eigenvalue weighted by Gasteiger charge is -2.16. The lowest BCUT2D eigenvalue weighted by molar-refractivity contribution is -0.117. The highest BCUT2D eigenvalue weighted by molar-refractivity contribution is 5.97. The monoisotopic (exact) mass is 235 g/mol. The van der Waals surface area contributed by atoms with E-state index in [1.807, 2.05) is 0 Å². The fourth-order valence-corrected chi connectivity index (χ4v) is 1.61. The summed E-state index contributed by atoms with van der Waals surface area (Å²) in [7, 11) is 2.98. The summed E-state index contributed by atoms with van der Waals surface area (Å²) in [6, 6.07) is 1.55. The summed E-state index contributed by atoms with van der Waals surface area (Å²) < 4.78 is 10.1. The summed E-state index contributed by atoms with van der Waals surface area (Å²) in [5, 5.41) is 0. The zero-order chi connectivity index (χ0) is 12.4. The van der Waals surface area contributed by atoms with Gasteiger partial charge in [0.2, 0.25) is 23.6 Å². The van der Waals surface area contributed by atoms with E-state index in [-0.39, 0.29) is 11.9 Å². The van der Waals surface area contributed by atoms with Gasteiger partial charge in [0, 0.05) is 12.1 Å². The van der Waals surface area contributed by atoms with Gasteiger partial charge < -0.3 is 9.47 Å². The van der Waals surface area contributed by atoms with E-state index in [0.29, 0.717) is 30.3 Å². The third kappa shape index (κ3) is 2.06. The van der Waals surface area contributed by atoms with Crippen LogP contribution in [0.5, 0.6) is 11.8 Å². The highest BCUT2D eigenvalue weighted by Crippen LogP contribution is 2.28. The van der Waals surface area contributed by atoms with E-state index >= 15 is 0 Å². The molecule has 2 rings (SSSR count). The molecule has 1 aliphatic rings. The molecular formula is C11H13N3O3. The van der Waals surface area contributed by atoms with Crippen LogP contribution in [0.2, 0.25) is 0 Å². The van der Waals surface area contributed by atoms with Gasteiger partial charge in [-0.3, -0.25) is 9.69 Å². The number of allylic oxidation sites excluding steroid dienone is 1. The maximum atomic E-state index is 11.7. The number of anilines is 1. The van der Waals surface area contributed by atoms with Crippen LogP contribution in [-0.4, -0.2) is 30.1 Å². The highest BCUT2D eigenvalue weighted by Gasteiger charge is 2.28. The van der Waals surface area contributed by atoms with Crippen LogP contribution in [-0.2, 0) is 4.79 Å². The standard InChI is InChI=1S/C11H13N3O3/c1-7-4-5-10(15)14(7)11-12-8(16-2)6-9(13-11)17-3/h6H,1,4-5H2,2-3H3. The van der Waals surface area contributed by atoms with Crippen LogP contribution in [0.25, 0.3) is 0 Å². The molecule has 0 radical (unpaired) electrons. The molecule has 17 heavy (non-hydrogen) atoms. The number of carbonyl (C=O) groups excluding carboxylic acids is 1. The van der Waals surface area contributed by atoms with E-state index in [0.717, 1.165) is 0 Å². The third-order valence-electron chi connectivity index (χ3n) is 2.48. The predicted octanol–water partition coefficient (Wildman–Crippen LogP) is 1.13. The Hall–Kier alpha value is -2.11. The minimum absolute atomic E-state index is 0.0645. The van der Waals surface area contributed by atoms with Crippen LogP contribution in [0.3, 0.4) is 0 Å². The molecule has 1 aromatic heterocycles. The Balaban J connectivity index is 2.43. The highest BCUT2D eigenvalue weighted by atomic mass is 16.5. The Kier molecular flexibility index (Phi) is 2.95. The minimum atomic E-state index is -0.0645. The van der Waals surface area contributed by atoms with Gasteiger partial charge in [0.15, 0.2) is 0 Å². The molecule has 0 aliphatic carbocycles. The van der Waals surface area contributed by atoms with E-state index in [2.05, 4.69) is 16.5 Å². The smallest absolute Gasteiger partial charge is 0.243 e. The molecule has 0 N–H and O–H groups in total. The fourth-order valence-electron chi connectivity index (χ4n) is 1.61. The summed E-state index contributed by atoms with van der Waals surface area (Å²) >= 11 is 0. The van der Waals surface area contributed by atoms with Crippen molar-refractivity contribution in [3.63, 3.8) is 0 Å². The zero-order valence-corrected chi connectivity index (χ0v) is 9.77. The van der Waals surface area contributed by atoms with Crippen LogP contribution >= 0.6 is 0 Å². The van der Waals surface area contributed by atoms with Gasteiger partial charge in [-0.1, -0.05) is 6.58 Å². The Morgan fingerprint density at radius 3 is 2.24 bits per heavy atom. The summed E-state index contributed by atoms with van der Waals surface area (Å²) in [6.45, 7) is 3.82. The van der Waals surface area contributed by atoms with Crippen molar-refractivity contribution in [1.29, 1.82) is 0 Å². The summed E-state index contributed by atoms with van der Waals surface area (Å²) in [5.41, 5.74) is 0.685. The molecule has 1 amide bonds. The summed E-state index contributed by atoms with van der Waals surface area (Å²) in [5.74, 6) is 0.873. The van der Waals surface area contributed by atoms with Crippen LogP contribution in [0, 0.1) is 0 Å². The number of aromatic nitrogens is 2. The second-order valence-electron chi connectivity index (χ2n) is 3.55. The van der Waals surface area contributed by atoms with Gasteiger partial charge in [-0.25, -0.2) is 0 Å². The quantitative estimate of drug-likeness (QED) is 0.785. The number of hydrogen-bond donors (Lipinski definition) is 0. The molecule has 0 saturated carbocycles. The van der Waals surface area contributed by atoms with E-state index in [4.69, 9.17) is 9.47 Å². The Morgan fingerprint density at radius 1 is 1.24 bits per heavy atom. The lowest BCUT2D eigenvalue weighted by atomic mass is 10.3. The van der Waals surface area contributed by atoms with Crippen molar-refractivity contribution >= 4 is 11.9 Å². The van der Waals surface area contributed by atoms with Crippen LogP contribution in [0.15, 0.2) is 18.3 Å². The fraction of sp³-hybridized carbons (Fsp3) is 0.364. The molecule has 0 spiro atoms. The van der Waals surface area contributed by atoms with Crippen molar-refractivity contribution in [2.45, 2.75) is 12.8 Å². The van der Waals surface area contributed by atoms with E-state index in [9.17, 15) is 4.79 Å². The molecule has 0 unspecified atom stereocenters. The van der Waals surface area contributed by atoms with E-state index in [1.165, 1.54) is 19.1 Å². The molecule has 6 heteroatoms. The first-order chi connectivity index (χ1) is 8.15. The van der Waals surface area contributed by atoms with Gasteiger partial charge in [-0.2, -0.15) is 9.97 Å². The van der Waals surface area contributed by atoms with Crippen molar-refractivity contribution in [1.82, 2.24) is 9.97 Å². The number of nitrogens with zero attached hydrogens (tertiary/aromatic N) is 3. The van der Waals surface area contributed by atoms with Crippen molar-refractivity contribution < 1.29 is 14.3 Å². The Bertz CT molecular complexity index is 435. The number of rotatable bonds is 3. The van der Waals surface area contributed by atoms with Gasteiger partial charge in [0.1, 0.15) is 0 Å². The van der Waals surface area contributed by atoms with Gasteiger partial charge in [0.05, 0.1) is 20.3 Å². The van der Waals surface area contributed by atoms with Crippen molar-refractivity contribution in [3.8, 4) is 11.8 Å². The van der Waals surface area contributed by atoms with Gasteiger partial charge in [-0.05, 0) is 6.42 Å². The predicted molar refractivity (Wildman–Crippen MR) is 61.0 cm³/mol. The lowest BCUT2D eigenvalue weighted by Crippen LogP contribution is -2.24. The van der Waals surface area contributed by atoms with Crippen LogP contribution in [0.4, 0.5) is 5.95 Å². The SMILES string of the molecule is C=C1CCC(=O)N1c1nc(OC)cc(OC)n1. The van der Waals surface area contributed by atoms with Gasteiger partial charge in [0.25, 0.3) is 0 Å². The zero-order valence-electron chi connectivity index (χ0n) is 9.77. The second kappa shape index (κ2) is 4.40. The van der Waals surface area contributed by atoms with E-state index < -0.39 is 0 Å². The topological polar surface area (TPSA) is 64.6 Å². The number of ether oxygens (including phenoxy) is 2. The first-order valence-electron chi connectivity index (χ1n) is 5.13. The van der Waals surface area contributed by atoms with Gasteiger partial charge >= 0.3 is 0 Å². The Labute approximate surface area is 98.9 Å². The molecule has 0 atom stereocenters. The molecule has 1 aliphatic heterocycles. The molecule has 1 aromatic rings. The average Bonchev–Trinajstić information content (AvgIpc) is 2.68. The molecular weight excluding hydrogens is 222 g/mol. The normalized spacial score (nSPS) is 15.3. The molecule has 0 bridgehead atoms. The molecule has 6 nitrogen and oxygen atoms in total. The largest absolute Gasteiger partial charge is 0.481 e. The number of hydrogen-bond acceptors (Lipinski definition) is 5. The van der Waals surface area contributed by atoms with E-state index in [1.54, 1.807) is 6.07 Å². The minimum Gasteiger partial charge on any atom is -0.481 e. The second-order valence-corrected chi connectivity index (χ2v) is 3.55. The van der Waals surface area contributed by atoms with Crippen molar-refractivity contribution in [2.24, 2.45) is 0 Å². The maximum Gasteiger partial charge on any atom is 0.243 e. The molecule has 0 aromatic carbocycles. The molecule has 2 heterocycles. The number of methoxy groups -OCH3 is 2. The summed E-state index contributed by atoms with van der Waals surface area (Å²) in [6.07, 6.45) is 1.06. The van der Waals surface area contributed by atoms with Crippen molar-refractivity contribution in [3.05, 3.63) is 18.3 Å². The van der Waals surface area contributed by atoms with Crippen LogP contribution in [0.1, 0.15) is 12.8 Å². The molecule has 1 saturated heterocycles. The molecule has 1 fully saturated rings. The number of carbonyl (C=O) groups is 1. The van der Waals surface area contributed by atoms with Crippen LogP contribution < -0.4 is 14.4 Å². The first kappa shape index (κ1) is 11.4. The Morgan fingerprint density at radius 2 is 1.82 bits per heavy atom. The third-order valence-corrected chi connectivity index (χ3v) is 2.48. The first-order valence-corrected chi connectivity index (χ1v) is 5.13. The van der Waals surface area contributed by atoms with Crippen molar-refractivity contribution in [2.75, 3.05) is 19.1 Å². The maximum absolute atomic E-state index is 11.7. The average molecular weight is 235 g/mol. The number of amides is 1.